The minimum absolute atomic E-state index is 0.133. The monoisotopic (exact) mass is 308 g/mol. The van der Waals surface area contributed by atoms with E-state index < -0.39 is 0 Å². The number of halogens is 1. The highest BCUT2D eigenvalue weighted by Gasteiger charge is 2.22. The molecule has 0 N–H and O–H groups in total. The fraction of sp³-hybridized carbons (Fsp3) is 0.600. The van der Waals surface area contributed by atoms with Gasteiger partial charge in [-0.2, -0.15) is 0 Å². The maximum absolute atomic E-state index is 6.32. The van der Waals surface area contributed by atoms with Crippen molar-refractivity contribution in [1.29, 1.82) is 0 Å². The lowest BCUT2D eigenvalue weighted by atomic mass is 10.2. The summed E-state index contributed by atoms with van der Waals surface area (Å²) in [7, 11) is 0. The standard InChI is InChI=1S/C15H21ClN4O/c1-11(10-19-6-8-21-9-7-19)20-14(12(2)16)18-13-4-3-5-17-15(13)20/h3-5,11-12H,6-10H2,1-2H3. The Morgan fingerprint density at radius 1 is 1.33 bits per heavy atom. The molecule has 0 radical (unpaired) electrons. The second-order valence-corrected chi connectivity index (χ2v) is 6.22. The first-order valence-corrected chi connectivity index (χ1v) is 7.87. The SMILES string of the molecule is CC(Cl)c1nc2cccnc2n1C(C)CN1CCOCC1. The summed E-state index contributed by atoms with van der Waals surface area (Å²) in [5.41, 5.74) is 1.83. The average molecular weight is 309 g/mol. The van der Waals surface area contributed by atoms with Gasteiger partial charge >= 0.3 is 0 Å². The van der Waals surface area contributed by atoms with Crippen molar-refractivity contribution in [3.63, 3.8) is 0 Å². The van der Waals surface area contributed by atoms with Gasteiger partial charge in [-0.05, 0) is 26.0 Å². The number of nitrogens with zero attached hydrogens (tertiary/aromatic N) is 4. The number of morpholine rings is 1. The largest absolute Gasteiger partial charge is 0.379 e. The number of hydrogen-bond acceptors (Lipinski definition) is 4. The highest BCUT2D eigenvalue weighted by Crippen LogP contribution is 2.27. The van der Waals surface area contributed by atoms with Crippen LogP contribution in [0.15, 0.2) is 18.3 Å². The minimum Gasteiger partial charge on any atom is -0.379 e. The molecule has 0 aromatic carbocycles. The van der Waals surface area contributed by atoms with Crippen LogP contribution in [0.3, 0.4) is 0 Å². The Morgan fingerprint density at radius 2 is 2.10 bits per heavy atom. The van der Waals surface area contributed by atoms with Crippen molar-refractivity contribution in [3.05, 3.63) is 24.2 Å². The predicted molar refractivity (Wildman–Crippen MR) is 83.8 cm³/mol. The van der Waals surface area contributed by atoms with Crippen molar-refractivity contribution < 1.29 is 4.74 Å². The Kier molecular flexibility index (Phi) is 4.42. The third-order valence-corrected chi connectivity index (χ3v) is 4.09. The lowest BCUT2D eigenvalue weighted by molar-refractivity contribution is 0.0326. The summed E-state index contributed by atoms with van der Waals surface area (Å²) in [6.45, 7) is 8.71. The summed E-state index contributed by atoms with van der Waals surface area (Å²) in [6.07, 6.45) is 1.81. The van der Waals surface area contributed by atoms with Crippen molar-refractivity contribution in [2.24, 2.45) is 0 Å². The molecule has 1 saturated heterocycles. The number of rotatable bonds is 4. The van der Waals surface area contributed by atoms with Gasteiger partial charge in [-0.3, -0.25) is 4.90 Å². The fourth-order valence-corrected chi connectivity index (χ4v) is 3.06. The Balaban J connectivity index is 1.91. The summed E-state index contributed by atoms with van der Waals surface area (Å²) in [5, 5.41) is -0.133. The summed E-state index contributed by atoms with van der Waals surface area (Å²) >= 11 is 6.32. The molecule has 1 fully saturated rings. The van der Waals surface area contributed by atoms with E-state index in [0.717, 1.165) is 49.8 Å². The molecule has 3 heterocycles. The number of hydrogen-bond donors (Lipinski definition) is 0. The van der Waals surface area contributed by atoms with Gasteiger partial charge in [0.2, 0.25) is 0 Å². The van der Waals surface area contributed by atoms with Crippen LogP contribution in [0.25, 0.3) is 11.2 Å². The van der Waals surface area contributed by atoms with E-state index in [4.69, 9.17) is 16.3 Å². The van der Waals surface area contributed by atoms with Crippen LogP contribution in [-0.4, -0.2) is 52.3 Å². The number of aromatic nitrogens is 3. The number of fused-ring (bicyclic) bond motifs is 1. The zero-order valence-electron chi connectivity index (χ0n) is 12.5. The first kappa shape index (κ1) is 14.8. The molecule has 0 amide bonds. The molecule has 0 saturated carbocycles. The van der Waals surface area contributed by atoms with Gasteiger partial charge in [0.05, 0.1) is 18.6 Å². The van der Waals surface area contributed by atoms with Crippen LogP contribution in [0.4, 0.5) is 0 Å². The first-order chi connectivity index (χ1) is 10.2. The van der Waals surface area contributed by atoms with Crippen molar-refractivity contribution in [2.75, 3.05) is 32.8 Å². The van der Waals surface area contributed by atoms with Crippen LogP contribution in [0.2, 0.25) is 0 Å². The fourth-order valence-electron chi connectivity index (χ4n) is 2.90. The molecule has 2 aromatic heterocycles. The van der Waals surface area contributed by atoms with Gasteiger partial charge in [-0.1, -0.05) is 0 Å². The molecule has 0 bridgehead atoms. The van der Waals surface area contributed by atoms with Crippen LogP contribution in [-0.2, 0) is 4.74 Å². The molecular weight excluding hydrogens is 288 g/mol. The molecule has 2 unspecified atom stereocenters. The molecule has 3 rings (SSSR count). The summed E-state index contributed by atoms with van der Waals surface area (Å²) in [4.78, 5) is 11.6. The van der Waals surface area contributed by atoms with E-state index in [1.165, 1.54) is 0 Å². The lowest BCUT2D eigenvalue weighted by Crippen LogP contribution is -2.39. The number of pyridine rings is 1. The zero-order valence-corrected chi connectivity index (χ0v) is 13.3. The van der Waals surface area contributed by atoms with Crippen molar-refractivity contribution >= 4 is 22.8 Å². The van der Waals surface area contributed by atoms with Crippen LogP contribution >= 0.6 is 11.6 Å². The summed E-state index contributed by atoms with van der Waals surface area (Å²) in [5.74, 6) is 0.895. The molecule has 5 nitrogen and oxygen atoms in total. The lowest BCUT2D eigenvalue weighted by Gasteiger charge is -2.30. The van der Waals surface area contributed by atoms with Crippen molar-refractivity contribution in [1.82, 2.24) is 19.4 Å². The third kappa shape index (κ3) is 3.05. The zero-order chi connectivity index (χ0) is 14.8. The molecule has 0 aliphatic carbocycles. The molecular formula is C15H21ClN4O. The molecule has 2 atom stereocenters. The van der Waals surface area contributed by atoms with E-state index in [0.29, 0.717) is 0 Å². The number of alkyl halides is 1. The second kappa shape index (κ2) is 6.30. The van der Waals surface area contributed by atoms with Crippen LogP contribution in [0.1, 0.15) is 31.1 Å². The second-order valence-electron chi connectivity index (χ2n) is 5.56. The van der Waals surface area contributed by atoms with Crippen LogP contribution in [0, 0.1) is 0 Å². The van der Waals surface area contributed by atoms with Gasteiger partial charge < -0.3 is 9.30 Å². The highest BCUT2D eigenvalue weighted by atomic mass is 35.5. The van der Waals surface area contributed by atoms with Gasteiger partial charge in [-0.25, -0.2) is 9.97 Å². The van der Waals surface area contributed by atoms with Crippen molar-refractivity contribution in [2.45, 2.75) is 25.3 Å². The quantitative estimate of drug-likeness (QED) is 0.814. The smallest absolute Gasteiger partial charge is 0.160 e. The van der Waals surface area contributed by atoms with E-state index >= 15 is 0 Å². The minimum atomic E-state index is -0.133. The average Bonchev–Trinajstić information content (AvgIpc) is 2.88. The highest BCUT2D eigenvalue weighted by molar-refractivity contribution is 6.20. The maximum Gasteiger partial charge on any atom is 0.160 e. The van der Waals surface area contributed by atoms with E-state index in [-0.39, 0.29) is 11.4 Å². The summed E-state index contributed by atoms with van der Waals surface area (Å²) in [6, 6.07) is 4.18. The molecule has 2 aromatic rings. The van der Waals surface area contributed by atoms with Gasteiger partial charge in [0.15, 0.2) is 5.65 Å². The Bertz CT molecular complexity index is 607. The van der Waals surface area contributed by atoms with E-state index in [1.54, 1.807) is 0 Å². The molecule has 0 spiro atoms. The van der Waals surface area contributed by atoms with Gasteiger partial charge in [0, 0.05) is 31.9 Å². The molecule has 1 aliphatic heterocycles. The summed E-state index contributed by atoms with van der Waals surface area (Å²) < 4.78 is 7.59. The number of imidazole rings is 1. The first-order valence-electron chi connectivity index (χ1n) is 7.44. The van der Waals surface area contributed by atoms with Crippen molar-refractivity contribution in [3.8, 4) is 0 Å². The molecule has 114 valence electrons. The van der Waals surface area contributed by atoms with Gasteiger partial charge in [0.1, 0.15) is 11.3 Å². The van der Waals surface area contributed by atoms with Crippen LogP contribution in [0.5, 0.6) is 0 Å². The Hall–Kier alpha value is -1.17. The Morgan fingerprint density at radius 3 is 2.81 bits per heavy atom. The van der Waals surface area contributed by atoms with Gasteiger partial charge in [0.25, 0.3) is 0 Å². The Labute approximate surface area is 129 Å². The van der Waals surface area contributed by atoms with E-state index in [2.05, 4.69) is 26.4 Å². The van der Waals surface area contributed by atoms with Gasteiger partial charge in [-0.15, -0.1) is 11.6 Å². The van der Waals surface area contributed by atoms with E-state index in [9.17, 15) is 0 Å². The predicted octanol–water partition coefficient (Wildman–Crippen LogP) is 2.62. The normalized spacial score (nSPS) is 19.8. The topological polar surface area (TPSA) is 43.2 Å². The third-order valence-electron chi connectivity index (χ3n) is 3.90. The molecule has 1 aliphatic rings. The number of ether oxygens (including phenoxy) is 1. The molecule has 6 heteroatoms. The van der Waals surface area contributed by atoms with Crippen LogP contribution < -0.4 is 0 Å². The van der Waals surface area contributed by atoms with E-state index in [1.807, 2.05) is 25.3 Å². The maximum atomic E-state index is 6.32. The molecule has 21 heavy (non-hydrogen) atoms.